The number of hydrogen-bond donors (Lipinski definition) is 0. The first-order valence-electron chi connectivity index (χ1n) is 7.54. The van der Waals surface area contributed by atoms with Crippen LogP contribution in [0.2, 0.25) is 0 Å². The third-order valence-corrected chi connectivity index (χ3v) is 5.22. The molecule has 1 heterocycles. The quantitative estimate of drug-likeness (QED) is 0.747. The van der Waals surface area contributed by atoms with Gasteiger partial charge in [-0.15, -0.1) is 0 Å². The summed E-state index contributed by atoms with van der Waals surface area (Å²) < 4.78 is 31.6. The van der Waals surface area contributed by atoms with Gasteiger partial charge in [0.1, 0.15) is 11.6 Å². The Kier molecular flexibility index (Phi) is 5.48. The van der Waals surface area contributed by atoms with Crippen LogP contribution in [0, 0.1) is 5.41 Å². The molecule has 0 spiro atoms. The molecule has 0 radical (unpaired) electrons. The van der Waals surface area contributed by atoms with Gasteiger partial charge in [0.25, 0.3) is 0 Å². The maximum atomic E-state index is 12.5. The van der Waals surface area contributed by atoms with Gasteiger partial charge in [0.15, 0.2) is 0 Å². The van der Waals surface area contributed by atoms with Gasteiger partial charge in [-0.25, -0.2) is 8.42 Å². The fourth-order valence-corrected chi connectivity index (χ4v) is 4.32. The van der Waals surface area contributed by atoms with Crippen LogP contribution in [0.15, 0.2) is 0 Å². The van der Waals surface area contributed by atoms with Crippen molar-refractivity contribution in [3.05, 3.63) is 0 Å². The Morgan fingerprint density at radius 3 is 2.24 bits per heavy atom. The van der Waals surface area contributed by atoms with Crippen molar-refractivity contribution in [1.82, 2.24) is 4.31 Å². The molecule has 0 unspecified atom stereocenters. The fraction of sp³-hybridized carbons (Fsp3) is 0.933. The third-order valence-electron chi connectivity index (χ3n) is 3.35. The first-order chi connectivity index (χ1) is 9.32. The average Bonchev–Trinajstić information content (AvgIpc) is 2.72. The maximum Gasteiger partial charge on any atom is 0.324 e. The summed E-state index contributed by atoms with van der Waals surface area (Å²) in [6.45, 7) is 11.8. The lowest BCUT2D eigenvalue weighted by Crippen LogP contribution is -2.44. The van der Waals surface area contributed by atoms with E-state index in [4.69, 9.17) is 4.74 Å². The Morgan fingerprint density at radius 2 is 1.76 bits per heavy atom. The van der Waals surface area contributed by atoms with E-state index in [1.54, 1.807) is 20.8 Å². The van der Waals surface area contributed by atoms with Crippen LogP contribution in [0.25, 0.3) is 0 Å². The van der Waals surface area contributed by atoms with Crippen molar-refractivity contribution in [2.24, 2.45) is 5.41 Å². The second kappa shape index (κ2) is 6.24. The molecule has 1 aliphatic heterocycles. The molecule has 1 saturated heterocycles. The summed E-state index contributed by atoms with van der Waals surface area (Å²) in [6, 6.07) is -0.658. The Morgan fingerprint density at radius 1 is 1.19 bits per heavy atom. The van der Waals surface area contributed by atoms with E-state index in [-0.39, 0.29) is 11.2 Å². The number of esters is 1. The van der Waals surface area contributed by atoms with E-state index in [0.717, 1.165) is 0 Å². The summed E-state index contributed by atoms with van der Waals surface area (Å²) in [7, 11) is -3.41. The van der Waals surface area contributed by atoms with Crippen LogP contribution in [0.4, 0.5) is 0 Å². The first kappa shape index (κ1) is 18.4. The van der Waals surface area contributed by atoms with Crippen molar-refractivity contribution in [3.8, 4) is 0 Å². The van der Waals surface area contributed by atoms with Crippen LogP contribution in [0.5, 0.6) is 0 Å². The molecule has 6 heteroatoms. The van der Waals surface area contributed by atoms with Crippen LogP contribution in [-0.4, -0.2) is 42.6 Å². The van der Waals surface area contributed by atoms with Crippen LogP contribution < -0.4 is 0 Å². The van der Waals surface area contributed by atoms with Crippen molar-refractivity contribution in [2.75, 3.05) is 12.3 Å². The van der Waals surface area contributed by atoms with Gasteiger partial charge < -0.3 is 4.74 Å². The van der Waals surface area contributed by atoms with Gasteiger partial charge in [-0.1, -0.05) is 20.8 Å². The number of nitrogens with zero attached hydrogens (tertiary/aromatic N) is 1. The summed E-state index contributed by atoms with van der Waals surface area (Å²) in [5.41, 5.74) is -0.644. The summed E-state index contributed by atoms with van der Waals surface area (Å²) >= 11 is 0. The lowest BCUT2D eigenvalue weighted by molar-refractivity contribution is -0.158. The summed E-state index contributed by atoms with van der Waals surface area (Å²) in [4.78, 5) is 12.2. The van der Waals surface area contributed by atoms with Gasteiger partial charge in [-0.2, -0.15) is 4.31 Å². The number of carbonyl (C=O) groups excluding carboxylic acids is 1. The molecule has 21 heavy (non-hydrogen) atoms. The maximum absolute atomic E-state index is 12.5. The molecule has 1 aliphatic rings. The van der Waals surface area contributed by atoms with E-state index in [0.29, 0.717) is 25.8 Å². The first-order valence-corrected chi connectivity index (χ1v) is 9.15. The van der Waals surface area contributed by atoms with Crippen molar-refractivity contribution in [2.45, 2.75) is 72.4 Å². The molecule has 0 N–H and O–H groups in total. The Labute approximate surface area is 129 Å². The molecule has 1 atom stereocenters. The van der Waals surface area contributed by atoms with Gasteiger partial charge in [0, 0.05) is 6.54 Å². The minimum atomic E-state index is -3.41. The second-order valence-electron chi connectivity index (χ2n) is 7.93. The van der Waals surface area contributed by atoms with Crippen LogP contribution in [-0.2, 0) is 19.6 Å². The van der Waals surface area contributed by atoms with Crippen molar-refractivity contribution in [1.29, 1.82) is 0 Å². The monoisotopic (exact) mass is 319 g/mol. The molecule has 0 aromatic carbocycles. The highest BCUT2D eigenvalue weighted by molar-refractivity contribution is 7.89. The highest BCUT2D eigenvalue weighted by atomic mass is 32.2. The zero-order chi connectivity index (χ0) is 16.5. The fourth-order valence-electron chi connectivity index (χ4n) is 2.23. The van der Waals surface area contributed by atoms with Crippen LogP contribution in [0.1, 0.15) is 60.8 Å². The molecule has 124 valence electrons. The lowest BCUT2D eigenvalue weighted by atomic mass is 9.94. The second-order valence-corrected chi connectivity index (χ2v) is 9.97. The van der Waals surface area contributed by atoms with Gasteiger partial charge in [0.2, 0.25) is 10.0 Å². The molecular formula is C15H29NO4S. The van der Waals surface area contributed by atoms with E-state index in [2.05, 4.69) is 0 Å². The predicted molar refractivity (Wildman–Crippen MR) is 83.4 cm³/mol. The molecule has 5 nitrogen and oxygen atoms in total. The number of rotatable bonds is 4. The van der Waals surface area contributed by atoms with E-state index in [9.17, 15) is 13.2 Å². The topological polar surface area (TPSA) is 63.7 Å². The minimum absolute atomic E-state index is 0.0474. The smallest absolute Gasteiger partial charge is 0.324 e. The Bertz CT molecular complexity index is 471. The third kappa shape index (κ3) is 5.94. The normalized spacial score (nSPS) is 21.5. The largest absolute Gasteiger partial charge is 0.459 e. The van der Waals surface area contributed by atoms with Gasteiger partial charge in [-0.3, -0.25) is 4.79 Å². The lowest BCUT2D eigenvalue weighted by Gasteiger charge is -2.28. The Hall–Kier alpha value is -0.620. The van der Waals surface area contributed by atoms with Gasteiger partial charge >= 0.3 is 5.97 Å². The van der Waals surface area contributed by atoms with Crippen molar-refractivity contribution < 1.29 is 17.9 Å². The molecular weight excluding hydrogens is 290 g/mol. The molecule has 0 bridgehead atoms. The van der Waals surface area contributed by atoms with E-state index in [1.165, 1.54) is 4.31 Å². The van der Waals surface area contributed by atoms with Gasteiger partial charge in [0.05, 0.1) is 5.75 Å². The predicted octanol–water partition coefficient (Wildman–Crippen LogP) is 2.56. The highest BCUT2D eigenvalue weighted by Crippen LogP contribution is 2.27. The molecule has 0 aliphatic carbocycles. The SMILES string of the molecule is CC(C)(C)CCS(=O)(=O)N1CCC[C@H]1C(=O)OC(C)(C)C. The molecule has 1 fully saturated rings. The summed E-state index contributed by atoms with van der Waals surface area (Å²) in [5, 5.41) is 0. The zero-order valence-electron chi connectivity index (χ0n) is 14.1. The summed E-state index contributed by atoms with van der Waals surface area (Å²) in [5.74, 6) is -0.352. The van der Waals surface area contributed by atoms with E-state index in [1.807, 2.05) is 20.8 Å². The summed E-state index contributed by atoms with van der Waals surface area (Å²) in [6.07, 6.45) is 1.83. The van der Waals surface area contributed by atoms with Crippen molar-refractivity contribution in [3.63, 3.8) is 0 Å². The van der Waals surface area contributed by atoms with Gasteiger partial charge in [-0.05, 0) is 45.4 Å². The number of ether oxygens (including phenoxy) is 1. The Balaban J connectivity index is 2.79. The molecule has 0 aromatic rings. The standard InChI is InChI=1S/C15H29NO4S/c1-14(2,3)9-11-21(18,19)16-10-7-8-12(16)13(17)20-15(4,5)6/h12H,7-11H2,1-6H3/t12-/m0/s1. The molecule has 1 rings (SSSR count). The highest BCUT2D eigenvalue weighted by Gasteiger charge is 2.40. The minimum Gasteiger partial charge on any atom is -0.459 e. The molecule has 0 saturated carbocycles. The number of carbonyl (C=O) groups is 1. The molecule has 0 aromatic heterocycles. The van der Waals surface area contributed by atoms with E-state index >= 15 is 0 Å². The molecule has 0 amide bonds. The van der Waals surface area contributed by atoms with Crippen LogP contribution in [0.3, 0.4) is 0 Å². The number of sulfonamides is 1. The average molecular weight is 319 g/mol. The zero-order valence-corrected chi connectivity index (χ0v) is 14.9. The number of hydrogen-bond acceptors (Lipinski definition) is 4. The van der Waals surface area contributed by atoms with Crippen LogP contribution >= 0.6 is 0 Å². The van der Waals surface area contributed by atoms with Crippen molar-refractivity contribution >= 4 is 16.0 Å². The van der Waals surface area contributed by atoms with E-state index < -0.39 is 27.6 Å².